The number of hydrogen-bond donors (Lipinski definition) is 0. The van der Waals surface area contributed by atoms with Crippen molar-refractivity contribution in [3.05, 3.63) is 58.7 Å². The quantitative estimate of drug-likeness (QED) is 0.751. The number of ether oxygens (including phenoxy) is 2. The van der Waals surface area contributed by atoms with Crippen molar-refractivity contribution in [1.82, 2.24) is 0 Å². The first-order valence-electron chi connectivity index (χ1n) is 6.53. The van der Waals surface area contributed by atoms with E-state index in [1.807, 2.05) is 0 Å². The van der Waals surface area contributed by atoms with Crippen LogP contribution in [0.15, 0.2) is 53.1 Å². The van der Waals surface area contributed by atoms with Gasteiger partial charge in [0.15, 0.2) is 0 Å². The zero-order valence-corrected chi connectivity index (χ0v) is 10.3. The van der Waals surface area contributed by atoms with Crippen LogP contribution >= 0.6 is 0 Å². The highest BCUT2D eigenvalue weighted by molar-refractivity contribution is 5.53. The van der Waals surface area contributed by atoms with E-state index in [2.05, 4.69) is 36.4 Å². The van der Waals surface area contributed by atoms with Crippen molar-refractivity contribution in [2.45, 2.75) is 11.8 Å². The van der Waals surface area contributed by atoms with Crippen LogP contribution in [0.2, 0.25) is 0 Å². The van der Waals surface area contributed by atoms with Gasteiger partial charge in [-0.15, -0.1) is 0 Å². The van der Waals surface area contributed by atoms with E-state index < -0.39 is 0 Å². The van der Waals surface area contributed by atoms with E-state index in [1.54, 1.807) is 0 Å². The molecule has 2 fully saturated rings. The van der Waals surface area contributed by atoms with Crippen LogP contribution in [0.25, 0.3) is 0 Å². The first-order valence-corrected chi connectivity index (χ1v) is 6.53. The Kier molecular flexibility index (Phi) is 2.23. The van der Waals surface area contributed by atoms with Gasteiger partial charge < -0.3 is 9.47 Å². The summed E-state index contributed by atoms with van der Waals surface area (Å²) in [5, 5.41) is 0. The van der Waals surface area contributed by atoms with Crippen molar-refractivity contribution in [2.24, 2.45) is 0 Å². The normalized spacial score (nSPS) is 30.1. The van der Waals surface area contributed by atoms with Crippen LogP contribution in [-0.4, -0.2) is 26.4 Å². The summed E-state index contributed by atoms with van der Waals surface area (Å²) in [5.74, 6) is 0. The molecule has 1 aliphatic carbocycles. The van der Waals surface area contributed by atoms with E-state index >= 15 is 0 Å². The summed E-state index contributed by atoms with van der Waals surface area (Å²) in [6, 6.07) is 10.8. The molecule has 1 aromatic carbocycles. The van der Waals surface area contributed by atoms with Gasteiger partial charge in [-0.05, 0) is 28.7 Å². The van der Waals surface area contributed by atoms with Crippen LogP contribution in [0, 0.1) is 0 Å². The number of benzene rings is 1. The maximum atomic E-state index is 5.81. The van der Waals surface area contributed by atoms with E-state index in [1.165, 1.54) is 22.3 Å². The highest BCUT2D eigenvalue weighted by atomic mass is 16.5. The maximum Gasteiger partial charge on any atom is 0.0725 e. The molecule has 1 atom stereocenters. The standard InChI is InChI=1S/C16H16O2/c1-2-4-13(5-3-1)16-7-6-12-8-17-9-14(12)15(16)10-18-11-16/h1-6H,7-11H2. The molecule has 0 N–H and O–H groups in total. The maximum absolute atomic E-state index is 5.81. The molecule has 2 saturated heterocycles. The van der Waals surface area contributed by atoms with Crippen molar-refractivity contribution in [1.29, 1.82) is 0 Å². The Labute approximate surface area is 107 Å². The largest absolute Gasteiger partial charge is 0.376 e. The predicted octanol–water partition coefficient (Wildman–Crippen LogP) is 2.61. The Morgan fingerprint density at radius 1 is 0.944 bits per heavy atom. The van der Waals surface area contributed by atoms with Crippen LogP contribution in [0.1, 0.15) is 12.0 Å². The molecule has 0 spiro atoms. The molecule has 0 saturated carbocycles. The molecule has 2 heterocycles. The van der Waals surface area contributed by atoms with Crippen LogP contribution < -0.4 is 0 Å². The molecule has 18 heavy (non-hydrogen) atoms. The fraction of sp³-hybridized carbons (Fsp3) is 0.375. The molecule has 4 rings (SSSR count). The topological polar surface area (TPSA) is 18.5 Å². The Morgan fingerprint density at radius 3 is 2.72 bits per heavy atom. The molecule has 0 radical (unpaired) electrons. The van der Waals surface area contributed by atoms with Crippen molar-refractivity contribution >= 4 is 0 Å². The monoisotopic (exact) mass is 240 g/mol. The van der Waals surface area contributed by atoms with Gasteiger partial charge in [0.25, 0.3) is 0 Å². The fourth-order valence-corrected chi connectivity index (χ4v) is 3.45. The van der Waals surface area contributed by atoms with E-state index in [0.717, 1.165) is 32.8 Å². The lowest BCUT2D eigenvalue weighted by Gasteiger charge is -2.33. The van der Waals surface area contributed by atoms with Crippen molar-refractivity contribution in [3.63, 3.8) is 0 Å². The first-order chi connectivity index (χ1) is 8.90. The van der Waals surface area contributed by atoms with Gasteiger partial charge in [-0.2, -0.15) is 0 Å². The van der Waals surface area contributed by atoms with E-state index in [9.17, 15) is 0 Å². The molecule has 2 aliphatic heterocycles. The van der Waals surface area contributed by atoms with Crippen LogP contribution in [0.3, 0.4) is 0 Å². The van der Waals surface area contributed by atoms with Gasteiger partial charge in [0.2, 0.25) is 0 Å². The van der Waals surface area contributed by atoms with Gasteiger partial charge in [0.05, 0.1) is 26.4 Å². The van der Waals surface area contributed by atoms with Gasteiger partial charge in [-0.3, -0.25) is 0 Å². The lowest BCUT2D eigenvalue weighted by molar-refractivity contribution is 0.178. The second kappa shape index (κ2) is 3.81. The average Bonchev–Trinajstić information content (AvgIpc) is 3.06. The van der Waals surface area contributed by atoms with Crippen molar-refractivity contribution in [3.8, 4) is 0 Å². The molecule has 2 nitrogen and oxygen atoms in total. The van der Waals surface area contributed by atoms with Gasteiger partial charge in [0.1, 0.15) is 0 Å². The molecule has 0 aromatic heterocycles. The van der Waals surface area contributed by atoms with Gasteiger partial charge in [-0.1, -0.05) is 36.4 Å². The minimum absolute atomic E-state index is 0.0772. The lowest BCUT2D eigenvalue weighted by atomic mass is 9.68. The highest BCUT2D eigenvalue weighted by Crippen LogP contribution is 2.47. The zero-order valence-electron chi connectivity index (χ0n) is 10.3. The highest BCUT2D eigenvalue weighted by Gasteiger charge is 2.45. The van der Waals surface area contributed by atoms with Crippen LogP contribution in [0.5, 0.6) is 0 Å². The molecule has 0 amide bonds. The van der Waals surface area contributed by atoms with E-state index in [0.29, 0.717) is 0 Å². The van der Waals surface area contributed by atoms with Crippen LogP contribution in [0.4, 0.5) is 0 Å². The van der Waals surface area contributed by atoms with Crippen molar-refractivity contribution < 1.29 is 9.47 Å². The Morgan fingerprint density at radius 2 is 1.83 bits per heavy atom. The third-order valence-corrected chi connectivity index (χ3v) is 4.45. The fourth-order valence-electron chi connectivity index (χ4n) is 3.45. The van der Waals surface area contributed by atoms with Gasteiger partial charge in [0, 0.05) is 5.41 Å². The SMILES string of the molecule is C1=C2COCC2=C2COCC2(c2ccccc2)C1. The average molecular weight is 240 g/mol. The first kappa shape index (κ1) is 10.5. The summed E-state index contributed by atoms with van der Waals surface area (Å²) in [6.07, 6.45) is 3.40. The number of rotatable bonds is 1. The summed E-state index contributed by atoms with van der Waals surface area (Å²) in [5.41, 5.74) is 5.72. The summed E-state index contributed by atoms with van der Waals surface area (Å²) in [7, 11) is 0. The van der Waals surface area contributed by atoms with Crippen LogP contribution in [-0.2, 0) is 14.9 Å². The van der Waals surface area contributed by atoms with E-state index in [4.69, 9.17) is 9.47 Å². The molecule has 0 bridgehead atoms. The molecular formula is C16H16O2. The Bertz CT molecular complexity index is 541. The molecule has 3 aliphatic rings. The van der Waals surface area contributed by atoms with Crippen molar-refractivity contribution in [2.75, 3.05) is 26.4 Å². The van der Waals surface area contributed by atoms with E-state index in [-0.39, 0.29) is 5.41 Å². The second-order valence-corrected chi connectivity index (χ2v) is 5.32. The molecule has 1 unspecified atom stereocenters. The van der Waals surface area contributed by atoms with Gasteiger partial charge >= 0.3 is 0 Å². The third-order valence-electron chi connectivity index (χ3n) is 4.45. The summed E-state index contributed by atoms with van der Waals surface area (Å²) >= 11 is 0. The minimum Gasteiger partial charge on any atom is -0.376 e. The third kappa shape index (κ3) is 1.30. The summed E-state index contributed by atoms with van der Waals surface area (Å²) in [6.45, 7) is 3.12. The predicted molar refractivity (Wildman–Crippen MR) is 69.5 cm³/mol. The second-order valence-electron chi connectivity index (χ2n) is 5.32. The number of fused-ring (bicyclic) bond motifs is 2. The number of allylic oxidation sites excluding steroid dienone is 1. The molecular weight excluding hydrogens is 224 g/mol. The zero-order chi connectivity index (χ0) is 12.0. The Hall–Kier alpha value is -1.38. The lowest BCUT2D eigenvalue weighted by Crippen LogP contribution is -2.31. The molecule has 92 valence electrons. The van der Waals surface area contributed by atoms with Gasteiger partial charge in [-0.25, -0.2) is 0 Å². The summed E-state index contributed by atoms with van der Waals surface area (Å²) < 4.78 is 11.4. The molecule has 1 aromatic rings. The smallest absolute Gasteiger partial charge is 0.0725 e. The Balaban J connectivity index is 1.89. The number of hydrogen-bond acceptors (Lipinski definition) is 2. The molecule has 2 heteroatoms. The summed E-state index contributed by atoms with van der Waals surface area (Å²) in [4.78, 5) is 0. The minimum atomic E-state index is 0.0772.